The first-order chi connectivity index (χ1) is 10.4. The zero-order valence-corrected chi connectivity index (χ0v) is 13.0. The van der Waals surface area contributed by atoms with E-state index in [2.05, 4.69) is 0 Å². The van der Waals surface area contributed by atoms with Gasteiger partial charge in [0, 0.05) is 6.42 Å². The van der Waals surface area contributed by atoms with Crippen LogP contribution in [0, 0.1) is 5.82 Å². The Balaban J connectivity index is 1.92. The first-order valence-electron chi connectivity index (χ1n) is 6.34. The van der Waals surface area contributed by atoms with E-state index in [9.17, 15) is 17.6 Å². The van der Waals surface area contributed by atoms with Gasteiger partial charge in [-0.15, -0.1) is 0 Å². The van der Waals surface area contributed by atoms with Crippen LogP contribution in [-0.2, 0) is 27.0 Å². The minimum atomic E-state index is -3.89. The summed E-state index contributed by atoms with van der Waals surface area (Å²) in [5.41, 5.74) is 1.00. The van der Waals surface area contributed by atoms with Crippen LogP contribution in [0.15, 0.2) is 41.2 Å². The van der Waals surface area contributed by atoms with Crippen molar-refractivity contribution >= 4 is 27.5 Å². The van der Waals surface area contributed by atoms with Crippen molar-refractivity contribution in [2.45, 2.75) is 18.6 Å². The van der Waals surface area contributed by atoms with Gasteiger partial charge in [0.05, 0.1) is 23.3 Å². The molecular formula is C14H13ClFNO4S. The SMILES string of the molecule is O=C(CCc1ccoc1)NS(=O)(=O)Cc1ccc(Cl)c(F)c1. The minimum absolute atomic E-state index is 0.00768. The number of carbonyl (C=O) groups is 1. The van der Waals surface area contributed by atoms with Crippen molar-refractivity contribution in [1.82, 2.24) is 4.72 Å². The lowest BCUT2D eigenvalue weighted by Crippen LogP contribution is -2.31. The van der Waals surface area contributed by atoms with E-state index in [0.29, 0.717) is 6.42 Å². The summed E-state index contributed by atoms with van der Waals surface area (Å²) in [4.78, 5) is 11.6. The summed E-state index contributed by atoms with van der Waals surface area (Å²) < 4.78 is 43.8. The first-order valence-corrected chi connectivity index (χ1v) is 8.37. The van der Waals surface area contributed by atoms with Gasteiger partial charge in [-0.2, -0.15) is 0 Å². The maximum Gasteiger partial charge on any atom is 0.239 e. The van der Waals surface area contributed by atoms with E-state index < -0.39 is 27.5 Å². The van der Waals surface area contributed by atoms with Gasteiger partial charge < -0.3 is 4.42 Å². The number of amides is 1. The molecule has 118 valence electrons. The molecule has 0 aliphatic carbocycles. The molecule has 1 N–H and O–H groups in total. The molecule has 5 nitrogen and oxygen atoms in total. The highest BCUT2D eigenvalue weighted by Crippen LogP contribution is 2.17. The second-order valence-corrected chi connectivity index (χ2v) is 6.79. The molecule has 1 aromatic heterocycles. The molecule has 1 amide bonds. The molecule has 2 rings (SSSR count). The standard InChI is InChI=1S/C14H13ClFNO4S/c15-12-3-1-11(7-13(12)16)9-22(19,20)17-14(18)4-2-10-5-6-21-8-10/h1,3,5-8H,2,4,9H2,(H,17,18). The maximum absolute atomic E-state index is 13.3. The summed E-state index contributed by atoms with van der Waals surface area (Å²) >= 11 is 5.52. The van der Waals surface area contributed by atoms with E-state index in [1.807, 2.05) is 4.72 Å². The van der Waals surface area contributed by atoms with Crippen molar-refractivity contribution in [2.75, 3.05) is 0 Å². The molecule has 1 heterocycles. The summed E-state index contributed by atoms with van der Waals surface area (Å²) in [6, 6.07) is 5.37. The van der Waals surface area contributed by atoms with E-state index in [4.69, 9.17) is 16.0 Å². The van der Waals surface area contributed by atoms with Crippen LogP contribution in [0.4, 0.5) is 4.39 Å². The summed E-state index contributed by atoms with van der Waals surface area (Å²) in [7, 11) is -3.89. The highest BCUT2D eigenvalue weighted by atomic mass is 35.5. The largest absolute Gasteiger partial charge is 0.472 e. The van der Waals surface area contributed by atoms with E-state index >= 15 is 0 Å². The molecule has 1 aromatic carbocycles. The number of halogens is 2. The maximum atomic E-state index is 13.3. The van der Waals surface area contributed by atoms with Crippen molar-refractivity contribution < 1.29 is 22.0 Å². The van der Waals surface area contributed by atoms with Crippen LogP contribution in [0.3, 0.4) is 0 Å². The lowest BCUT2D eigenvalue weighted by molar-refractivity contribution is -0.119. The van der Waals surface area contributed by atoms with Crippen LogP contribution in [-0.4, -0.2) is 14.3 Å². The third-order valence-electron chi connectivity index (χ3n) is 2.83. The Bertz CT molecular complexity index is 759. The van der Waals surface area contributed by atoms with Gasteiger partial charge >= 0.3 is 0 Å². The van der Waals surface area contributed by atoms with Gasteiger partial charge in [0.2, 0.25) is 15.9 Å². The number of furan rings is 1. The molecule has 2 aromatic rings. The lowest BCUT2D eigenvalue weighted by Gasteiger charge is -2.07. The third-order valence-corrected chi connectivity index (χ3v) is 4.39. The number of hydrogen-bond donors (Lipinski definition) is 1. The molecule has 0 radical (unpaired) electrons. The van der Waals surface area contributed by atoms with Gasteiger partial charge in [0.15, 0.2) is 0 Å². The Morgan fingerprint density at radius 2 is 2.05 bits per heavy atom. The van der Waals surface area contributed by atoms with Crippen molar-refractivity contribution in [3.05, 3.63) is 58.8 Å². The predicted molar refractivity (Wildman–Crippen MR) is 79.2 cm³/mol. The average Bonchev–Trinajstić information content (AvgIpc) is 2.93. The molecule has 0 aliphatic heterocycles. The fourth-order valence-corrected chi connectivity index (χ4v) is 3.06. The summed E-state index contributed by atoms with van der Waals surface area (Å²) in [6.07, 6.45) is 3.33. The molecule has 8 heteroatoms. The molecule has 0 saturated carbocycles. The minimum Gasteiger partial charge on any atom is -0.472 e. The van der Waals surface area contributed by atoms with E-state index in [0.717, 1.165) is 11.6 Å². The van der Waals surface area contributed by atoms with E-state index in [1.54, 1.807) is 6.07 Å². The summed E-state index contributed by atoms with van der Waals surface area (Å²) in [6.45, 7) is 0. The van der Waals surface area contributed by atoms with Gasteiger partial charge in [-0.05, 0) is 35.7 Å². The summed E-state index contributed by atoms with van der Waals surface area (Å²) in [5, 5.41) is -0.0923. The third kappa shape index (κ3) is 4.85. The van der Waals surface area contributed by atoms with Crippen molar-refractivity contribution in [2.24, 2.45) is 0 Å². The molecule has 0 aliphatic rings. The number of benzene rings is 1. The van der Waals surface area contributed by atoms with Crippen LogP contribution in [0.25, 0.3) is 0 Å². The van der Waals surface area contributed by atoms with Crippen LogP contribution in [0.5, 0.6) is 0 Å². The number of hydrogen-bond acceptors (Lipinski definition) is 4. The van der Waals surface area contributed by atoms with Gasteiger partial charge in [0.1, 0.15) is 5.82 Å². The Hall–Kier alpha value is -1.86. The molecule has 22 heavy (non-hydrogen) atoms. The van der Waals surface area contributed by atoms with E-state index in [1.165, 1.54) is 24.7 Å². The molecule has 0 fully saturated rings. The van der Waals surface area contributed by atoms with Gasteiger partial charge in [0.25, 0.3) is 0 Å². The monoisotopic (exact) mass is 345 g/mol. The Morgan fingerprint density at radius 1 is 1.27 bits per heavy atom. The Morgan fingerprint density at radius 3 is 2.68 bits per heavy atom. The average molecular weight is 346 g/mol. The molecule has 0 spiro atoms. The van der Waals surface area contributed by atoms with Crippen LogP contribution < -0.4 is 4.72 Å². The molecule has 0 unspecified atom stereocenters. The molecule has 0 saturated heterocycles. The second kappa shape index (κ2) is 6.93. The van der Waals surface area contributed by atoms with Crippen LogP contribution >= 0.6 is 11.6 Å². The summed E-state index contributed by atoms with van der Waals surface area (Å²) in [5.74, 6) is -1.84. The number of rotatable bonds is 6. The topological polar surface area (TPSA) is 76.4 Å². The van der Waals surface area contributed by atoms with Crippen LogP contribution in [0.1, 0.15) is 17.5 Å². The normalized spacial score (nSPS) is 11.4. The molecule has 0 atom stereocenters. The number of sulfonamides is 1. The van der Waals surface area contributed by atoms with Crippen molar-refractivity contribution in [1.29, 1.82) is 0 Å². The smallest absolute Gasteiger partial charge is 0.239 e. The molecule has 0 bridgehead atoms. The zero-order chi connectivity index (χ0) is 16.2. The Kier molecular flexibility index (Phi) is 5.20. The number of aryl methyl sites for hydroxylation is 1. The lowest BCUT2D eigenvalue weighted by atomic mass is 10.2. The van der Waals surface area contributed by atoms with Gasteiger partial charge in [-0.25, -0.2) is 12.8 Å². The van der Waals surface area contributed by atoms with Crippen molar-refractivity contribution in [3.63, 3.8) is 0 Å². The quantitative estimate of drug-likeness (QED) is 0.873. The van der Waals surface area contributed by atoms with Gasteiger partial charge in [-0.1, -0.05) is 17.7 Å². The number of carbonyl (C=O) groups excluding carboxylic acids is 1. The fourth-order valence-electron chi connectivity index (χ4n) is 1.80. The highest BCUT2D eigenvalue weighted by Gasteiger charge is 2.16. The Labute approximate surface area is 132 Å². The number of nitrogens with one attached hydrogen (secondary N) is 1. The first kappa shape index (κ1) is 16.5. The fraction of sp³-hybridized carbons (Fsp3) is 0.214. The van der Waals surface area contributed by atoms with Crippen LogP contribution in [0.2, 0.25) is 5.02 Å². The highest BCUT2D eigenvalue weighted by molar-refractivity contribution is 7.89. The molecular weight excluding hydrogens is 333 g/mol. The van der Waals surface area contributed by atoms with Crippen molar-refractivity contribution in [3.8, 4) is 0 Å². The second-order valence-electron chi connectivity index (χ2n) is 4.66. The van der Waals surface area contributed by atoms with E-state index in [-0.39, 0.29) is 17.0 Å². The van der Waals surface area contributed by atoms with Gasteiger partial charge in [-0.3, -0.25) is 9.52 Å². The predicted octanol–water partition coefficient (Wildman–Crippen LogP) is 2.65. The zero-order valence-electron chi connectivity index (χ0n) is 11.4.